The van der Waals surface area contributed by atoms with Crippen molar-refractivity contribution in [3.8, 4) is 5.75 Å². The SMILES string of the molecule is CC(C)(C)Oc1ccc(P)cc1.Cl. The van der Waals surface area contributed by atoms with E-state index in [-0.39, 0.29) is 18.0 Å². The van der Waals surface area contributed by atoms with Crippen LogP contribution in [0.25, 0.3) is 0 Å². The first-order valence-electron chi connectivity index (χ1n) is 4.02. The maximum atomic E-state index is 5.65. The molecule has 13 heavy (non-hydrogen) atoms. The fourth-order valence-electron chi connectivity index (χ4n) is 0.889. The van der Waals surface area contributed by atoms with E-state index in [1.54, 1.807) is 0 Å². The van der Waals surface area contributed by atoms with Gasteiger partial charge in [0.15, 0.2) is 0 Å². The summed E-state index contributed by atoms with van der Waals surface area (Å²) in [4.78, 5) is 0. The van der Waals surface area contributed by atoms with Gasteiger partial charge in [-0.15, -0.1) is 21.6 Å². The van der Waals surface area contributed by atoms with E-state index in [1.165, 1.54) is 5.30 Å². The van der Waals surface area contributed by atoms with Gasteiger partial charge in [-0.25, -0.2) is 0 Å². The zero-order valence-electron chi connectivity index (χ0n) is 8.20. The molecule has 1 aromatic carbocycles. The van der Waals surface area contributed by atoms with Crippen LogP contribution in [-0.4, -0.2) is 5.60 Å². The molecule has 1 aromatic rings. The topological polar surface area (TPSA) is 9.23 Å². The summed E-state index contributed by atoms with van der Waals surface area (Å²) in [6.45, 7) is 6.13. The molecule has 1 rings (SSSR count). The third kappa shape index (κ3) is 5.13. The van der Waals surface area contributed by atoms with E-state index in [4.69, 9.17) is 4.74 Å². The van der Waals surface area contributed by atoms with Crippen LogP contribution in [0.2, 0.25) is 0 Å². The van der Waals surface area contributed by atoms with Gasteiger partial charge in [-0.3, -0.25) is 0 Å². The van der Waals surface area contributed by atoms with Gasteiger partial charge in [0.05, 0.1) is 0 Å². The Balaban J connectivity index is 0.00000144. The largest absolute Gasteiger partial charge is 0.488 e. The van der Waals surface area contributed by atoms with Crippen molar-refractivity contribution in [3.05, 3.63) is 24.3 Å². The second kappa shape index (κ2) is 4.83. The van der Waals surface area contributed by atoms with Crippen molar-refractivity contribution in [2.45, 2.75) is 26.4 Å². The van der Waals surface area contributed by atoms with Gasteiger partial charge in [0.25, 0.3) is 0 Å². The summed E-state index contributed by atoms with van der Waals surface area (Å²) in [6, 6.07) is 8.00. The standard InChI is InChI=1S/C10H15OP.ClH/c1-10(2,3)11-8-4-6-9(12)7-5-8;/h4-7H,12H2,1-3H3;1H. The molecule has 0 amide bonds. The molecule has 0 aliphatic carbocycles. The van der Waals surface area contributed by atoms with Crippen LogP contribution in [0.5, 0.6) is 5.75 Å². The van der Waals surface area contributed by atoms with Gasteiger partial charge in [-0.1, -0.05) is 12.1 Å². The first-order chi connectivity index (χ1) is 5.47. The van der Waals surface area contributed by atoms with Crippen LogP contribution in [0.3, 0.4) is 0 Å². The smallest absolute Gasteiger partial charge is 0.120 e. The third-order valence-corrected chi connectivity index (χ3v) is 1.69. The number of ether oxygens (including phenoxy) is 1. The minimum Gasteiger partial charge on any atom is -0.488 e. The summed E-state index contributed by atoms with van der Waals surface area (Å²) in [5, 5.41) is 1.18. The second-order valence-corrected chi connectivity index (χ2v) is 4.45. The monoisotopic (exact) mass is 218 g/mol. The van der Waals surface area contributed by atoms with E-state index in [1.807, 2.05) is 45.0 Å². The Kier molecular flexibility index (Phi) is 4.74. The van der Waals surface area contributed by atoms with Crippen LogP contribution < -0.4 is 10.0 Å². The van der Waals surface area contributed by atoms with Gasteiger partial charge in [0.1, 0.15) is 11.4 Å². The van der Waals surface area contributed by atoms with Crippen LogP contribution >= 0.6 is 21.6 Å². The summed E-state index contributed by atoms with van der Waals surface area (Å²) in [7, 11) is 2.65. The normalized spacial score (nSPS) is 10.5. The highest BCUT2D eigenvalue weighted by molar-refractivity contribution is 7.27. The molecule has 0 N–H and O–H groups in total. The Labute approximate surface area is 88.5 Å². The van der Waals surface area contributed by atoms with Crippen LogP contribution in [0, 0.1) is 0 Å². The molecule has 0 aromatic heterocycles. The molecule has 0 heterocycles. The Morgan fingerprint density at radius 3 is 1.92 bits per heavy atom. The average Bonchev–Trinajstić information content (AvgIpc) is 1.91. The predicted molar refractivity (Wildman–Crippen MR) is 63.4 cm³/mol. The highest BCUT2D eigenvalue weighted by atomic mass is 35.5. The molecule has 74 valence electrons. The minimum atomic E-state index is -0.109. The maximum absolute atomic E-state index is 5.65. The Hall–Kier alpha value is -0.260. The molecule has 1 unspecified atom stereocenters. The van der Waals surface area contributed by atoms with Crippen molar-refractivity contribution < 1.29 is 4.74 Å². The molecule has 1 nitrogen and oxygen atoms in total. The zero-order chi connectivity index (χ0) is 9.19. The summed E-state index contributed by atoms with van der Waals surface area (Å²) in [5.74, 6) is 0.925. The second-order valence-electron chi connectivity index (χ2n) is 3.78. The number of halogens is 1. The molecule has 0 saturated carbocycles. The van der Waals surface area contributed by atoms with Crippen molar-refractivity contribution in [3.63, 3.8) is 0 Å². The van der Waals surface area contributed by atoms with Crippen LogP contribution in [-0.2, 0) is 0 Å². The third-order valence-electron chi connectivity index (χ3n) is 1.30. The first kappa shape index (κ1) is 12.7. The minimum absolute atomic E-state index is 0. The van der Waals surface area contributed by atoms with E-state index in [9.17, 15) is 0 Å². The summed E-state index contributed by atoms with van der Waals surface area (Å²) in [5.41, 5.74) is -0.109. The molecule has 0 aliphatic heterocycles. The molecule has 0 bridgehead atoms. The highest BCUT2D eigenvalue weighted by Crippen LogP contribution is 2.16. The average molecular weight is 219 g/mol. The van der Waals surface area contributed by atoms with Gasteiger partial charge in [-0.05, 0) is 38.2 Å². The Morgan fingerprint density at radius 2 is 1.54 bits per heavy atom. The van der Waals surface area contributed by atoms with E-state index in [0.717, 1.165) is 5.75 Å². The van der Waals surface area contributed by atoms with E-state index < -0.39 is 0 Å². The molecule has 0 spiro atoms. The van der Waals surface area contributed by atoms with Crippen molar-refractivity contribution in [2.75, 3.05) is 0 Å². The molecule has 3 heteroatoms. The highest BCUT2D eigenvalue weighted by Gasteiger charge is 2.10. The lowest BCUT2D eigenvalue weighted by molar-refractivity contribution is 0.131. The van der Waals surface area contributed by atoms with Crippen LogP contribution in [0.1, 0.15) is 20.8 Å². The molecule has 0 aliphatic rings. The van der Waals surface area contributed by atoms with Gasteiger partial charge in [-0.2, -0.15) is 0 Å². The van der Waals surface area contributed by atoms with Crippen molar-refractivity contribution in [2.24, 2.45) is 0 Å². The summed E-state index contributed by atoms with van der Waals surface area (Å²) >= 11 is 0. The van der Waals surface area contributed by atoms with Gasteiger partial charge in [0, 0.05) is 0 Å². The number of benzene rings is 1. The predicted octanol–water partition coefficient (Wildman–Crippen LogP) is 2.79. The fraction of sp³-hybridized carbons (Fsp3) is 0.400. The summed E-state index contributed by atoms with van der Waals surface area (Å²) in [6.07, 6.45) is 0. The Morgan fingerprint density at radius 1 is 1.08 bits per heavy atom. The molecular weight excluding hydrogens is 203 g/mol. The van der Waals surface area contributed by atoms with Crippen LogP contribution in [0.15, 0.2) is 24.3 Å². The van der Waals surface area contributed by atoms with Crippen molar-refractivity contribution >= 4 is 27.0 Å². The molecule has 0 saturated heterocycles. The van der Waals surface area contributed by atoms with Crippen molar-refractivity contribution in [1.29, 1.82) is 0 Å². The molecule has 0 radical (unpaired) electrons. The van der Waals surface area contributed by atoms with Gasteiger partial charge in [0.2, 0.25) is 0 Å². The van der Waals surface area contributed by atoms with Gasteiger partial charge < -0.3 is 4.74 Å². The fourth-order valence-corrected chi connectivity index (χ4v) is 1.08. The molecule has 1 atom stereocenters. The quantitative estimate of drug-likeness (QED) is 0.659. The van der Waals surface area contributed by atoms with E-state index in [2.05, 4.69) is 9.24 Å². The lowest BCUT2D eigenvalue weighted by atomic mass is 10.2. The lowest BCUT2D eigenvalue weighted by Crippen LogP contribution is -2.22. The zero-order valence-corrected chi connectivity index (χ0v) is 10.2. The summed E-state index contributed by atoms with van der Waals surface area (Å²) < 4.78 is 5.65. The Bertz CT molecular complexity index is 251. The number of hydrogen-bond donors (Lipinski definition) is 0. The van der Waals surface area contributed by atoms with Crippen LogP contribution in [0.4, 0.5) is 0 Å². The van der Waals surface area contributed by atoms with Crippen molar-refractivity contribution in [1.82, 2.24) is 0 Å². The number of hydrogen-bond acceptors (Lipinski definition) is 1. The molecular formula is C10H16ClOP. The lowest BCUT2D eigenvalue weighted by Gasteiger charge is -2.21. The van der Waals surface area contributed by atoms with E-state index >= 15 is 0 Å². The van der Waals surface area contributed by atoms with Gasteiger partial charge >= 0.3 is 0 Å². The van der Waals surface area contributed by atoms with E-state index in [0.29, 0.717) is 0 Å². The number of rotatable bonds is 1. The molecule has 0 fully saturated rings. The first-order valence-corrected chi connectivity index (χ1v) is 4.60. The maximum Gasteiger partial charge on any atom is 0.120 e.